The first kappa shape index (κ1) is 17.4. The second-order valence-electron chi connectivity index (χ2n) is 7.18. The molecule has 0 spiro atoms. The average molecular weight is 381 g/mol. The Morgan fingerprint density at radius 2 is 1.76 bits per heavy atom. The molecule has 2 aromatic heterocycles. The van der Waals surface area contributed by atoms with Gasteiger partial charge in [-0.15, -0.1) is 0 Å². The number of aryl methyl sites for hydroxylation is 2. The molecule has 0 amide bonds. The van der Waals surface area contributed by atoms with Crippen molar-refractivity contribution in [1.82, 2.24) is 9.55 Å². The van der Waals surface area contributed by atoms with Crippen LogP contribution >= 0.6 is 0 Å². The fraction of sp³-hybridized carbons (Fsp3) is 0.125. The van der Waals surface area contributed by atoms with Gasteiger partial charge in [-0.3, -0.25) is 9.79 Å². The van der Waals surface area contributed by atoms with E-state index in [0.717, 1.165) is 18.5 Å². The average Bonchev–Trinajstić information content (AvgIpc) is 3.22. The maximum Gasteiger partial charge on any atom is 0.267 e. The summed E-state index contributed by atoms with van der Waals surface area (Å²) in [7, 11) is 0. The Morgan fingerprint density at radius 3 is 2.59 bits per heavy atom. The standard InChI is InChI=1S/C24H19N3O2/c28-23-20-9-2-1-8-19(20)21(24(29)27(23)22-10-3-4-13-25-22)15-26-18-12-11-16-6-5-7-17(16)14-18/h1-4,8-15,29H,5-7H2. The number of nitrogens with zero attached hydrogens (tertiary/aromatic N) is 3. The summed E-state index contributed by atoms with van der Waals surface area (Å²) < 4.78 is 1.23. The molecule has 5 heteroatoms. The highest BCUT2D eigenvalue weighted by molar-refractivity contribution is 6.02. The summed E-state index contributed by atoms with van der Waals surface area (Å²) in [4.78, 5) is 21.9. The van der Waals surface area contributed by atoms with Crippen LogP contribution in [0, 0.1) is 0 Å². The summed E-state index contributed by atoms with van der Waals surface area (Å²) in [6.45, 7) is 0. The van der Waals surface area contributed by atoms with Crippen LogP contribution in [0.2, 0.25) is 0 Å². The minimum atomic E-state index is -0.313. The second-order valence-corrected chi connectivity index (χ2v) is 7.18. The minimum Gasteiger partial charge on any atom is -0.494 e. The van der Waals surface area contributed by atoms with Gasteiger partial charge in [-0.25, -0.2) is 9.55 Å². The molecule has 0 aliphatic heterocycles. The van der Waals surface area contributed by atoms with E-state index in [2.05, 4.69) is 22.1 Å². The Morgan fingerprint density at radius 1 is 0.966 bits per heavy atom. The van der Waals surface area contributed by atoms with Gasteiger partial charge in [0.15, 0.2) is 0 Å². The number of aromatic nitrogens is 2. The number of fused-ring (bicyclic) bond motifs is 2. The quantitative estimate of drug-likeness (QED) is 0.537. The van der Waals surface area contributed by atoms with Gasteiger partial charge in [0.1, 0.15) is 5.82 Å². The Kier molecular flexibility index (Phi) is 4.21. The van der Waals surface area contributed by atoms with Crippen LogP contribution in [0.3, 0.4) is 0 Å². The van der Waals surface area contributed by atoms with E-state index in [1.165, 1.54) is 22.1 Å². The second kappa shape index (κ2) is 7.02. The number of hydrogen-bond donors (Lipinski definition) is 1. The summed E-state index contributed by atoms with van der Waals surface area (Å²) in [6.07, 6.45) is 6.61. The molecular weight excluding hydrogens is 362 g/mol. The summed E-state index contributed by atoms with van der Waals surface area (Å²) >= 11 is 0. The molecule has 0 saturated heterocycles. The van der Waals surface area contributed by atoms with Crippen LogP contribution in [0.4, 0.5) is 5.69 Å². The lowest BCUT2D eigenvalue weighted by atomic mass is 10.1. The molecule has 2 heterocycles. The molecule has 1 N–H and O–H groups in total. The maximum atomic E-state index is 13.0. The molecule has 4 aromatic rings. The molecule has 0 radical (unpaired) electrons. The summed E-state index contributed by atoms with van der Waals surface area (Å²) in [5.74, 6) is 0.199. The number of aliphatic imine (C=N–C) groups is 1. The fourth-order valence-corrected chi connectivity index (χ4v) is 3.97. The Labute approximate surface area is 167 Å². The number of rotatable bonds is 3. The predicted molar refractivity (Wildman–Crippen MR) is 115 cm³/mol. The molecule has 0 fully saturated rings. The fourth-order valence-electron chi connectivity index (χ4n) is 3.97. The van der Waals surface area contributed by atoms with E-state index >= 15 is 0 Å². The van der Waals surface area contributed by atoms with Gasteiger partial charge in [0.05, 0.1) is 11.3 Å². The highest BCUT2D eigenvalue weighted by atomic mass is 16.3. The van der Waals surface area contributed by atoms with Crippen molar-refractivity contribution in [3.8, 4) is 11.7 Å². The Hall–Kier alpha value is -3.73. The first-order valence-corrected chi connectivity index (χ1v) is 9.66. The monoisotopic (exact) mass is 381 g/mol. The van der Waals surface area contributed by atoms with Crippen LogP contribution in [0.15, 0.2) is 76.6 Å². The van der Waals surface area contributed by atoms with Crippen LogP contribution in [0.25, 0.3) is 16.6 Å². The zero-order valence-corrected chi connectivity index (χ0v) is 15.7. The molecule has 5 rings (SSSR count). The first-order valence-electron chi connectivity index (χ1n) is 9.66. The molecule has 0 saturated carbocycles. The van der Waals surface area contributed by atoms with Crippen LogP contribution < -0.4 is 5.56 Å². The van der Waals surface area contributed by atoms with Gasteiger partial charge >= 0.3 is 0 Å². The largest absolute Gasteiger partial charge is 0.494 e. The van der Waals surface area contributed by atoms with Crippen molar-refractivity contribution in [2.75, 3.05) is 0 Å². The lowest BCUT2D eigenvalue weighted by Crippen LogP contribution is -2.20. The summed E-state index contributed by atoms with van der Waals surface area (Å²) in [5, 5.41) is 12.2. The summed E-state index contributed by atoms with van der Waals surface area (Å²) in [6, 6.07) is 18.7. The predicted octanol–water partition coefficient (Wildman–Crippen LogP) is 4.33. The lowest BCUT2D eigenvalue weighted by Gasteiger charge is -2.12. The topological polar surface area (TPSA) is 67.5 Å². The van der Waals surface area contributed by atoms with Gasteiger partial charge in [0, 0.05) is 23.2 Å². The first-order chi connectivity index (χ1) is 14.2. The van der Waals surface area contributed by atoms with Crippen molar-refractivity contribution in [2.24, 2.45) is 4.99 Å². The third kappa shape index (κ3) is 3.01. The molecule has 1 aliphatic rings. The van der Waals surface area contributed by atoms with Crippen molar-refractivity contribution in [1.29, 1.82) is 0 Å². The van der Waals surface area contributed by atoms with Gasteiger partial charge in [-0.05, 0) is 60.7 Å². The molecule has 0 unspecified atom stereocenters. The molecule has 0 atom stereocenters. The van der Waals surface area contributed by atoms with E-state index in [0.29, 0.717) is 22.2 Å². The third-order valence-corrected chi connectivity index (χ3v) is 5.41. The molecule has 5 nitrogen and oxygen atoms in total. The van der Waals surface area contributed by atoms with E-state index in [1.807, 2.05) is 24.3 Å². The van der Waals surface area contributed by atoms with Crippen molar-refractivity contribution in [3.63, 3.8) is 0 Å². The summed E-state index contributed by atoms with van der Waals surface area (Å²) in [5.41, 5.74) is 3.75. The van der Waals surface area contributed by atoms with Gasteiger partial charge in [0.25, 0.3) is 5.56 Å². The van der Waals surface area contributed by atoms with Gasteiger partial charge in [-0.1, -0.05) is 30.3 Å². The number of hydrogen-bond acceptors (Lipinski definition) is 4. The highest BCUT2D eigenvalue weighted by Gasteiger charge is 2.17. The van der Waals surface area contributed by atoms with Crippen LogP contribution in [-0.4, -0.2) is 20.9 Å². The van der Waals surface area contributed by atoms with Gasteiger partial charge < -0.3 is 5.11 Å². The molecular formula is C24H19N3O2. The Balaban J connectivity index is 1.70. The normalized spacial score (nSPS) is 13.2. The molecule has 2 aromatic carbocycles. The van der Waals surface area contributed by atoms with E-state index in [1.54, 1.807) is 36.7 Å². The van der Waals surface area contributed by atoms with Gasteiger partial charge in [0.2, 0.25) is 5.88 Å². The van der Waals surface area contributed by atoms with Crippen molar-refractivity contribution >= 4 is 22.7 Å². The zero-order chi connectivity index (χ0) is 19.8. The van der Waals surface area contributed by atoms with Crippen LogP contribution in [0.1, 0.15) is 23.1 Å². The van der Waals surface area contributed by atoms with E-state index in [-0.39, 0.29) is 11.4 Å². The van der Waals surface area contributed by atoms with Crippen molar-refractivity contribution < 1.29 is 5.11 Å². The molecule has 0 bridgehead atoms. The van der Waals surface area contributed by atoms with Gasteiger partial charge in [-0.2, -0.15) is 0 Å². The minimum absolute atomic E-state index is 0.169. The SMILES string of the molecule is O=c1c2ccccc2c(C=Nc2ccc3c(c2)CCC3)c(O)n1-c1ccccn1. The number of aromatic hydroxyl groups is 1. The van der Waals surface area contributed by atoms with Crippen LogP contribution in [0.5, 0.6) is 5.88 Å². The molecule has 142 valence electrons. The van der Waals surface area contributed by atoms with E-state index in [4.69, 9.17) is 0 Å². The maximum absolute atomic E-state index is 13.0. The van der Waals surface area contributed by atoms with Crippen molar-refractivity contribution in [2.45, 2.75) is 19.3 Å². The Bertz CT molecular complexity index is 1310. The highest BCUT2D eigenvalue weighted by Crippen LogP contribution is 2.28. The van der Waals surface area contributed by atoms with E-state index < -0.39 is 0 Å². The number of benzene rings is 2. The number of pyridine rings is 2. The lowest BCUT2D eigenvalue weighted by molar-refractivity contribution is 0.435. The van der Waals surface area contributed by atoms with E-state index in [9.17, 15) is 9.90 Å². The van der Waals surface area contributed by atoms with Crippen molar-refractivity contribution in [3.05, 3.63) is 93.9 Å². The molecule has 29 heavy (non-hydrogen) atoms. The third-order valence-electron chi connectivity index (χ3n) is 5.41. The smallest absolute Gasteiger partial charge is 0.267 e. The zero-order valence-electron chi connectivity index (χ0n) is 15.7. The molecule has 1 aliphatic carbocycles. The van der Waals surface area contributed by atoms with Crippen LogP contribution in [-0.2, 0) is 12.8 Å².